The van der Waals surface area contributed by atoms with Crippen molar-refractivity contribution in [3.05, 3.63) is 54.1 Å². The fourth-order valence-electron chi connectivity index (χ4n) is 2.82. The molecule has 0 radical (unpaired) electrons. The van der Waals surface area contributed by atoms with Crippen LogP contribution < -0.4 is 10.6 Å². The van der Waals surface area contributed by atoms with Gasteiger partial charge in [0.05, 0.1) is 31.1 Å². The van der Waals surface area contributed by atoms with Crippen molar-refractivity contribution in [2.75, 3.05) is 38.2 Å². The summed E-state index contributed by atoms with van der Waals surface area (Å²) in [5, 5.41) is 14.4. The van der Waals surface area contributed by atoms with Gasteiger partial charge in [-0.15, -0.1) is 0 Å². The molecule has 0 unspecified atom stereocenters. The Morgan fingerprint density at radius 3 is 2.81 bits per heavy atom. The van der Waals surface area contributed by atoms with E-state index in [1.165, 1.54) is 6.20 Å². The number of rotatable bonds is 5. The molecule has 0 aromatic carbocycles. The van der Waals surface area contributed by atoms with Crippen LogP contribution in [0.25, 0.3) is 0 Å². The lowest BCUT2D eigenvalue weighted by Crippen LogP contribution is -2.44. The van der Waals surface area contributed by atoms with Gasteiger partial charge in [-0.25, -0.2) is 9.78 Å². The van der Waals surface area contributed by atoms with E-state index in [1.807, 2.05) is 24.4 Å². The summed E-state index contributed by atoms with van der Waals surface area (Å²) in [6, 6.07) is 8.75. The lowest BCUT2D eigenvalue weighted by Gasteiger charge is -2.34. The maximum absolute atomic E-state index is 12.2. The summed E-state index contributed by atoms with van der Waals surface area (Å²) >= 11 is 0. The third-order valence-corrected chi connectivity index (χ3v) is 4.15. The largest absolute Gasteiger partial charge is 0.379 e. The van der Waals surface area contributed by atoms with Crippen LogP contribution in [-0.4, -0.2) is 53.7 Å². The topological polar surface area (TPSA) is 103 Å². The van der Waals surface area contributed by atoms with Crippen LogP contribution in [0, 0.1) is 11.3 Å². The number of pyridine rings is 2. The monoisotopic (exact) mass is 352 g/mol. The minimum Gasteiger partial charge on any atom is -0.379 e. The molecule has 0 bridgehead atoms. The molecule has 1 saturated heterocycles. The average Bonchev–Trinajstić information content (AvgIpc) is 2.70. The van der Waals surface area contributed by atoms with Crippen molar-refractivity contribution < 1.29 is 9.53 Å². The van der Waals surface area contributed by atoms with Gasteiger partial charge in [0.2, 0.25) is 0 Å². The van der Waals surface area contributed by atoms with E-state index >= 15 is 0 Å². The molecule has 2 aromatic heterocycles. The minimum absolute atomic E-state index is 0.0254. The van der Waals surface area contributed by atoms with Gasteiger partial charge in [-0.3, -0.25) is 9.88 Å². The molecule has 1 fully saturated rings. The van der Waals surface area contributed by atoms with Crippen LogP contribution in [0.1, 0.15) is 17.3 Å². The summed E-state index contributed by atoms with van der Waals surface area (Å²) in [4.78, 5) is 22.6. The highest BCUT2D eigenvalue weighted by atomic mass is 16.5. The number of nitrogens with one attached hydrogen (secondary N) is 2. The van der Waals surface area contributed by atoms with Crippen molar-refractivity contribution in [3.63, 3.8) is 0 Å². The summed E-state index contributed by atoms with van der Waals surface area (Å²) in [6.07, 6.45) is 5.01. The Balaban J connectivity index is 1.61. The molecule has 2 aromatic rings. The fraction of sp³-hybridized carbons (Fsp3) is 0.333. The molecule has 0 aliphatic carbocycles. The third kappa shape index (κ3) is 4.75. The van der Waals surface area contributed by atoms with E-state index in [-0.39, 0.29) is 12.1 Å². The van der Waals surface area contributed by atoms with Crippen LogP contribution in [0.5, 0.6) is 0 Å². The number of aromatic nitrogens is 2. The van der Waals surface area contributed by atoms with Crippen LogP contribution in [0.2, 0.25) is 0 Å². The average molecular weight is 352 g/mol. The van der Waals surface area contributed by atoms with Gasteiger partial charge in [0.25, 0.3) is 0 Å². The number of hydrogen-bond donors (Lipinski definition) is 2. The molecule has 2 amide bonds. The van der Waals surface area contributed by atoms with Gasteiger partial charge >= 0.3 is 6.03 Å². The van der Waals surface area contributed by atoms with E-state index in [2.05, 4.69) is 25.5 Å². The molecule has 3 heterocycles. The summed E-state index contributed by atoms with van der Waals surface area (Å²) < 4.78 is 5.42. The smallest absolute Gasteiger partial charge is 0.319 e. The number of hydrogen-bond acceptors (Lipinski definition) is 6. The molecular formula is C18H20N6O2. The van der Waals surface area contributed by atoms with Crippen molar-refractivity contribution in [2.45, 2.75) is 6.04 Å². The highest BCUT2D eigenvalue weighted by Gasteiger charge is 2.23. The fourth-order valence-corrected chi connectivity index (χ4v) is 2.82. The SMILES string of the molecule is N#Cc1ccc(NC(=O)NC[C@@H](c2cccnc2)N2CCOCC2)cn1. The predicted octanol–water partition coefficient (Wildman–Crippen LogP) is 1.54. The number of urea groups is 1. The first-order chi connectivity index (χ1) is 12.8. The zero-order valence-corrected chi connectivity index (χ0v) is 14.3. The molecule has 8 nitrogen and oxygen atoms in total. The lowest BCUT2D eigenvalue weighted by molar-refractivity contribution is 0.0167. The highest BCUT2D eigenvalue weighted by molar-refractivity contribution is 5.89. The molecule has 26 heavy (non-hydrogen) atoms. The maximum Gasteiger partial charge on any atom is 0.319 e. The number of ether oxygens (including phenoxy) is 1. The lowest BCUT2D eigenvalue weighted by atomic mass is 10.1. The van der Waals surface area contributed by atoms with Crippen molar-refractivity contribution in [1.82, 2.24) is 20.2 Å². The quantitative estimate of drug-likeness (QED) is 0.846. The Kier molecular flexibility index (Phi) is 6.09. The first-order valence-corrected chi connectivity index (χ1v) is 8.39. The maximum atomic E-state index is 12.2. The van der Waals surface area contributed by atoms with Crippen LogP contribution in [-0.2, 0) is 4.74 Å². The molecule has 1 aliphatic rings. The second-order valence-corrected chi connectivity index (χ2v) is 5.83. The Labute approximate surface area is 151 Å². The van der Waals surface area contributed by atoms with E-state index in [0.717, 1.165) is 18.7 Å². The zero-order chi connectivity index (χ0) is 18.2. The van der Waals surface area contributed by atoms with Crippen molar-refractivity contribution >= 4 is 11.7 Å². The van der Waals surface area contributed by atoms with E-state index in [0.29, 0.717) is 31.1 Å². The van der Waals surface area contributed by atoms with Crippen LogP contribution in [0.3, 0.4) is 0 Å². The normalized spacial score (nSPS) is 15.7. The van der Waals surface area contributed by atoms with Crippen LogP contribution in [0.15, 0.2) is 42.9 Å². The second-order valence-electron chi connectivity index (χ2n) is 5.83. The van der Waals surface area contributed by atoms with Crippen molar-refractivity contribution in [3.8, 4) is 6.07 Å². The van der Waals surface area contributed by atoms with Gasteiger partial charge in [-0.1, -0.05) is 6.07 Å². The minimum atomic E-state index is -0.321. The summed E-state index contributed by atoms with van der Waals surface area (Å²) in [5.41, 5.74) is 1.89. The van der Waals surface area contributed by atoms with Gasteiger partial charge in [0.1, 0.15) is 11.8 Å². The number of nitrogens with zero attached hydrogens (tertiary/aromatic N) is 4. The van der Waals surface area contributed by atoms with E-state index in [9.17, 15) is 4.79 Å². The van der Waals surface area contributed by atoms with Gasteiger partial charge < -0.3 is 15.4 Å². The zero-order valence-electron chi connectivity index (χ0n) is 14.3. The number of amides is 2. The predicted molar refractivity (Wildman–Crippen MR) is 95.3 cm³/mol. The van der Waals surface area contributed by atoms with Gasteiger partial charge in [0, 0.05) is 32.0 Å². The summed E-state index contributed by atoms with van der Waals surface area (Å²) in [6.45, 7) is 3.42. The Hall–Kier alpha value is -3.02. The number of carbonyl (C=O) groups excluding carboxylic acids is 1. The van der Waals surface area contributed by atoms with Gasteiger partial charge in [0.15, 0.2) is 0 Å². The summed E-state index contributed by atoms with van der Waals surface area (Å²) in [5.74, 6) is 0. The molecule has 2 N–H and O–H groups in total. The van der Waals surface area contributed by atoms with Gasteiger partial charge in [-0.2, -0.15) is 5.26 Å². The first kappa shape index (κ1) is 17.8. The molecule has 8 heteroatoms. The van der Waals surface area contributed by atoms with E-state index in [1.54, 1.807) is 18.3 Å². The highest BCUT2D eigenvalue weighted by Crippen LogP contribution is 2.20. The standard InChI is InChI=1S/C18H20N6O2/c19-10-15-3-4-16(12-21-15)23-18(25)22-13-17(14-2-1-5-20-11-14)24-6-8-26-9-7-24/h1-5,11-12,17H,6-9,13H2,(H2,22,23,25)/t17-/m0/s1. The number of nitriles is 1. The van der Waals surface area contributed by atoms with Crippen LogP contribution in [0.4, 0.5) is 10.5 Å². The molecule has 0 spiro atoms. The Bertz CT molecular complexity index is 754. The molecule has 134 valence electrons. The third-order valence-electron chi connectivity index (χ3n) is 4.15. The Morgan fingerprint density at radius 2 is 2.15 bits per heavy atom. The first-order valence-electron chi connectivity index (χ1n) is 8.39. The second kappa shape index (κ2) is 8.89. The summed E-state index contributed by atoms with van der Waals surface area (Å²) in [7, 11) is 0. The molecule has 0 saturated carbocycles. The number of carbonyl (C=O) groups is 1. The Morgan fingerprint density at radius 1 is 1.31 bits per heavy atom. The molecule has 3 rings (SSSR count). The van der Waals surface area contributed by atoms with Gasteiger partial charge in [-0.05, 0) is 23.8 Å². The molecule has 1 atom stereocenters. The van der Waals surface area contributed by atoms with Crippen molar-refractivity contribution in [2.24, 2.45) is 0 Å². The molecular weight excluding hydrogens is 332 g/mol. The number of anilines is 1. The van der Waals surface area contributed by atoms with Crippen molar-refractivity contribution in [1.29, 1.82) is 5.26 Å². The van der Waals surface area contributed by atoms with E-state index < -0.39 is 0 Å². The molecule has 1 aliphatic heterocycles. The number of morpholine rings is 1. The van der Waals surface area contributed by atoms with E-state index in [4.69, 9.17) is 10.00 Å². The van der Waals surface area contributed by atoms with Crippen LogP contribution >= 0.6 is 0 Å².